The number of nitrogens with one attached hydrogen (secondary N) is 2. The van der Waals surface area contributed by atoms with Crippen molar-refractivity contribution in [3.05, 3.63) is 29.5 Å². The third-order valence-electron chi connectivity index (χ3n) is 2.82. The second-order valence-electron chi connectivity index (χ2n) is 3.59. The molecule has 2 aromatic rings. The third-order valence-corrected chi connectivity index (χ3v) is 2.82. The molecule has 3 rings (SSSR count). The third kappa shape index (κ3) is 0.902. The molecule has 2 heterocycles. The van der Waals surface area contributed by atoms with Crippen LogP contribution in [0.25, 0.3) is 10.9 Å². The van der Waals surface area contributed by atoms with Gasteiger partial charge in [-0.2, -0.15) is 0 Å². The van der Waals surface area contributed by atoms with E-state index >= 15 is 0 Å². The fraction of sp³-hybridized carbons (Fsp3) is 0.273. The highest BCUT2D eigenvalue weighted by molar-refractivity contribution is 5.91. The van der Waals surface area contributed by atoms with Gasteiger partial charge in [-0.25, -0.2) is 0 Å². The molecule has 0 fully saturated rings. The molecule has 0 amide bonds. The first-order valence-corrected chi connectivity index (χ1v) is 4.76. The summed E-state index contributed by atoms with van der Waals surface area (Å²) >= 11 is 0. The molecule has 1 aliphatic heterocycles. The Morgan fingerprint density at radius 2 is 2.07 bits per heavy atom. The number of H-pyrrole nitrogens is 1. The molecule has 0 unspecified atom stereocenters. The number of aromatic nitrogens is 1. The molecule has 1 aromatic heterocycles. The highest BCUT2D eigenvalue weighted by Gasteiger charge is 2.15. The van der Waals surface area contributed by atoms with Gasteiger partial charge in [0.15, 0.2) is 0 Å². The standard InChI is InChI=1S/C11H12N2O/c1-14-9-3-2-7-4-12-5-8-6-13-11(9)10(7)8/h2-3,6,12-13H,4-5H2,1H3. The number of benzene rings is 1. The predicted molar refractivity (Wildman–Crippen MR) is 55.4 cm³/mol. The van der Waals surface area contributed by atoms with Gasteiger partial charge in [0, 0.05) is 24.7 Å². The summed E-state index contributed by atoms with van der Waals surface area (Å²) in [6.07, 6.45) is 2.06. The van der Waals surface area contributed by atoms with Gasteiger partial charge < -0.3 is 15.0 Å². The zero-order valence-electron chi connectivity index (χ0n) is 8.05. The molecule has 14 heavy (non-hydrogen) atoms. The van der Waals surface area contributed by atoms with E-state index in [0.29, 0.717) is 0 Å². The molecule has 72 valence electrons. The average Bonchev–Trinajstić information content (AvgIpc) is 2.66. The maximum atomic E-state index is 5.31. The molecule has 3 heteroatoms. The van der Waals surface area contributed by atoms with Crippen molar-refractivity contribution in [2.24, 2.45) is 0 Å². The first kappa shape index (κ1) is 7.88. The van der Waals surface area contributed by atoms with Gasteiger partial charge >= 0.3 is 0 Å². The molecule has 0 radical (unpaired) electrons. The molecule has 0 atom stereocenters. The van der Waals surface area contributed by atoms with E-state index in [1.807, 2.05) is 6.07 Å². The lowest BCUT2D eigenvalue weighted by Crippen LogP contribution is -2.17. The van der Waals surface area contributed by atoms with Crippen LogP contribution < -0.4 is 10.1 Å². The van der Waals surface area contributed by atoms with Gasteiger partial charge in [0.25, 0.3) is 0 Å². The maximum absolute atomic E-state index is 5.31. The normalized spacial score (nSPS) is 14.6. The summed E-state index contributed by atoms with van der Waals surface area (Å²) in [5.74, 6) is 0.928. The smallest absolute Gasteiger partial charge is 0.142 e. The number of hydrogen-bond donors (Lipinski definition) is 2. The molecular weight excluding hydrogens is 176 g/mol. The van der Waals surface area contributed by atoms with Gasteiger partial charge in [-0.15, -0.1) is 0 Å². The predicted octanol–water partition coefficient (Wildman–Crippen LogP) is 1.78. The largest absolute Gasteiger partial charge is 0.495 e. The monoisotopic (exact) mass is 188 g/mol. The van der Waals surface area contributed by atoms with Crippen LogP contribution in [0.3, 0.4) is 0 Å². The second-order valence-corrected chi connectivity index (χ2v) is 3.59. The van der Waals surface area contributed by atoms with Gasteiger partial charge in [-0.05, 0) is 17.2 Å². The SMILES string of the molecule is COc1ccc2c3c(c[nH]c13)CNC2. The lowest BCUT2D eigenvalue weighted by molar-refractivity contribution is 0.419. The summed E-state index contributed by atoms with van der Waals surface area (Å²) in [5, 5.41) is 4.70. The van der Waals surface area contributed by atoms with Crippen molar-refractivity contribution in [2.75, 3.05) is 7.11 Å². The zero-order chi connectivity index (χ0) is 9.54. The fourth-order valence-electron chi connectivity index (χ4n) is 2.16. The molecule has 0 aliphatic carbocycles. The van der Waals surface area contributed by atoms with Crippen LogP contribution >= 0.6 is 0 Å². The van der Waals surface area contributed by atoms with Crippen LogP contribution in [0.4, 0.5) is 0 Å². The van der Waals surface area contributed by atoms with E-state index in [0.717, 1.165) is 24.4 Å². The molecule has 1 aromatic carbocycles. The van der Waals surface area contributed by atoms with Crippen molar-refractivity contribution in [1.82, 2.24) is 10.3 Å². The highest BCUT2D eigenvalue weighted by atomic mass is 16.5. The van der Waals surface area contributed by atoms with E-state index in [9.17, 15) is 0 Å². The van der Waals surface area contributed by atoms with Crippen molar-refractivity contribution in [3.8, 4) is 5.75 Å². The Labute approximate surface area is 82.1 Å². The molecular formula is C11H12N2O. The summed E-state index contributed by atoms with van der Waals surface area (Å²) in [7, 11) is 1.71. The molecule has 0 saturated heterocycles. The van der Waals surface area contributed by atoms with Crippen molar-refractivity contribution in [3.63, 3.8) is 0 Å². The Morgan fingerprint density at radius 3 is 2.93 bits per heavy atom. The van der Waals surface area contributed by atoms with Crippen LogP contribution in [0.1, 0.15) is 11.1 Å². The van der Waals surface area contributed by atoms with Gasteiger partial charge in [-0.1, -0.05) is 6.07 Å². The van der Waals surface area contributed by atoms with E-state index in [-0.39, 0.29) is 0 Å². The van der Waals surface area contributed by atoms with Gasteiger partial charge in [0.2, 0.25) is 0 Å². The zero-order valence-corrected chi connectivity index (χ0v) is 8.05. The fourth-order valence-corrected chi connectivity index (χ4v) is 2.16. The maximum Gasteiger partial charge on any atom is 0.142 e. The molecule has 3 nitrogen and oxygen atoms in total. The van der Waals surface area contributed by atoms with Crippen molar-refractivity contribution >= 4 is 10.9 Å². The number of ether oxygens (including phenoxy) is 1. The van der Waals surface area contributed by atoms with Crippen LogP contribution in [-0.2, 0) is 13.1 Å². The van der Waals surface area contributed by atoms with Gasteiger partial charge in [0.05, 0.1) is 12.6 Å². The van der Waals surface area contributed by atoms with Crippen LogP contribution in [-0.4, -0.2) is 12.1 Å². The van der Waals surface area contributed by atoms with Gasteiger partial charge in [0.1, 0.15) is 5.75 Å². The summed E-state index contributed by atoms with van der Waals surface area (Å²) in [4.78, 5) is 3.27. The van der Waals surface area contributed by atoms with E-state index in [1.165, 1.54) is 16.5 Å². The van der Waals surface area contributed by atoms with Crippen LogP contribution in [0.5, 0.6) is 5.75 Å². The highest BCUT2D eigenvalue weighted by Crippen LogP contribution is 2.32. The van der Waals surface area contributed by atoms with E-state index in [4.69, 9.17) is 4.74 Å². The summed E-state index contributed by atoms with van der Waals surface area (Å²) < 4.78 is 5.31. The minimum absolute atomic E-state index is 0.928. The number of hydrogen-bond acceptors (Lipinski definition) is 2. The Morgan fingerprint density at radius 1 is 1.21 bits per heavy atom. The van der Waals surface area contributed by atoms with E-state index in [2.05, 4.69) is 22.6 Å². The molecule has 1 aliphatic rings. The Balaban J connectivity index is 2.40. The number of aromatic amines is 1. The van der Waals surface area contributed by atoms with Gasteiger partial charge in [-0.3, -0.25) is 0 Å². The minimum Gasteiger partial charge on any atom is -0.495 e. The molecule has 0 bridgehead atoms. The topological polar surface area (TPSA) is 37.0 Å². The van der Waals surface area contributed by atoms with Crippen LogP contribution in [0.2, 0.25) is 0 Å². The summed E-state index contributed by atoms with van der Waals surface area (Å²) in [5.41, 5.74) is 3.81. The Bertz CT molecular complexity index is 487. The number of methoxy groups -OCH3 is 1. The average molecular weight is 188 g/mol. The van der Waals surface area contributed by atoms with Crippen molar-refractivity contribution in [1.29, 1.82) is 0 Å². The van der Waals surface area contributed by atoms with Crippen LogP contribution in [0, 0.1) is 0 Å². The van der Waals surface area contributed by atoms with E-state index in [1.54, 1.807) is 7.11 Å². The quantitative estimate of drug-likeness (QED) is 0.715. The minimum atomic E-state index is 0.928. The van der Waals surface area contributed by atoms with Crippen molar-refractivity contribution < 1.29 is 4.74 Å². The lowest BCUT2D eigenvalue weighted by Gasteiger charge is -2.14. The van der Waals surface area contributed by atoms with Crippen molar-refractivity contribution in [2.45, 2.75) is 13.1 Å². The summed E-state index contributed by atoms with van der Waals surface area (Å²) in [6, 6.07) is 4.15. The Hall–Kier alpha value is -1.48. The first-order valence-electron chi connectivity index (χ1n) is 4.76. The Kier molecular flexibility index (Phi) is 1.55. The summed E-state index contributed by atoms with van der Waals surface area (Å²) in [6.45, 7) is 1.89. The van der Waals surface area contributed by atoms with E-state index < -0.39 is 0 Å². The number of rotatable bonds is 1. The first-order chi connectivity index (χ1) is 6.90. The molecule has 0 spiro atoms. The molecule has 0 saturated carbocycles. The molecule has 2 N–H and O–H groups in total. The lowest BCUT2D eigenvalue weighted by atomic mass is 10.0. The second kappa shape index (κ2) is 2.75. The van der Waals surface area contributed by atoms with Crippen LogP contribution in [0.15, 0.2) is 18.3 Å².